The maximum Gasteiger partial charge on any atom is 0.267 e. The number of hydrogen-bond donors (Lipinski definition) is 2. The zero-order chi connectivity index (χ0) is 12.3. The van der Waals surface area contributed by atoms with Crippen LogP contribution < -0.4 is 10.3 Å². The third-order valence-corrected chi connectivity index (χ3v) is 3.32. The van der Waals surface area contributed by atoms with E-state index in [0.29, 0.717) is 10.6 Å². The van der Waals surface area contributed by atoms with Crippen LogP contribution in [0.3, 0.4) is 0 Å². The highest BCUT2D eigenvalue weighted by molar-refractivity contribution is 6.33. The zero-order valence-corrected chi connectivity index (χ0v) is 10.6. The zero-order valence-electron chi connectivity index (χ0n) is 9.87. The lowest BCUT2D eigenvalue weighted by molar-refractivity contribution is -0.884. The van der Waals surface area contributed by atoms with Crippen molar-refractivity contribution in [2.75, 3.05) is 33.2 Å². The molecular formula is C12H17ClN3O+. The van der Waals surface area contributed by atoms with Gasteiger partial charge in [0, 0.05) is 0 Å². The topological polar surface area (TPSA) is 36.8 Å². The number of amides is 1. The first-order valence-corrected chi connectivity index (χ1v) is 6.16. The summed E-state index contributed by atoms with van der Waals surface area (Å²) in [7, 11) is 2.16. The second kappa shape index (κ2) is 5.49. The number of quaternary nitrogens is 1. The molecule has 0 unspecified atom stereocenters. The van der Waals surface area contributed by atoms with Gasteiger partial charge in [-0.2, -0.15) is 0 Å². The molecule has 17 heavy (non-hydrogen) atoms. The Bertz CT molecular complexity index is 402. The summed E-state index contributed by atoms with van der Waals surface area (Å²) < 4.78 is 0. The van der Waals surface area contributed by atoms with Gasteiger partial charge in [-0.05, 0) is 12.1 Å². The second-order valence-electron chi connectivity index (χ2n) is 4.36. The largest absolute Gasteiger partial charge is 0.335 e. The summed E-state index contributed by atoms with van der Waals surface area (Å²) in [5, 5.41) is 2.45. The molecular weight excluding hydrogens is 238 g/mol. The number of likely N-dealkylation sites (N-methyl/N-ethyl adjacent to an activating group) is 1. The van der Waals surface area contributed by atoms with Crippen LogP contribution in [0.5, 0.6) is 0 Å². The Balaban J connectivity index is 1.96. The van der Waals surface area contributed by atoms with Crippen molar-refractivity contribution in [1.29, 1.82) is 0 Å². The Morgan fingerprint density at radius 1 is 1.35 bits per heavy atom. The summed E-state index contributed by atoms with van der Waals surface area (Å²) >= 11 is 5.98. The Morgan fingerprint density at radius 3 is 2.65 bits per heavy atom. The van der Waals surface area contributed by atoms with Crippen molar-refractivity contribution in [3.8, 4) is 0 Å². The van der Waals surface area contributed by atoms with Crippen molar-refractivity contribution in [1.82, 2.24) is 10.4 Å². The molecule has 0 aromatic heterocycles. The molecule has 1 aliphatic rings. The molecule has 1 fully saturated rings. The fourth-order valence-electron chi connectivity index (χ4n) is 1.85. The fraction of sp³-hybridized carbons (Fsp3) is 0.417. The van der Waals surface area contributed by atoms with Crippen LogP contribution >= 0.6 is 11.6 Å². The summed E-state index contributed by atoms with van der Waals surface area (Å²) in [4.78, 5) is 13.5. The van der Waals surface area contributed by atoms with Crippen molar-refractivity contribution in [3.05, 3.63) is 34.9 Å². The van der Waals surface area contributed by atoms with E-state index >= 15 is 0 Å². The highest BCUT2D eigenvalue weighted by Gasteiger charge is 2.19. The minimum absolute atomic E-state index is 0.129. The van der Waals surface area contributed by atoms with Crippen LogP contribution in [0.2, 0.25) is 5.02 Å². The quantitative estimate of drug-likeness (QED) is 0.768. The summed E-state index contributed by atoms with van der Waals surface area (Å²) in [6.45, 7) is 3.84. The van der Waals surface area contributed by atoms with Crippen LogP contribution in [0.25, 0.3) is 0 Å². The van der Waals surface area contributed by atoms with E-state index in [9.17, 15) is 4.79 Å². The van der Waals surface area contributed by atoms with E-state index in [4.69, 9.17) is 11.6 Å². The summed E-state index contributed by atoms with van der Waals surface area (Å²) in [6, 6.07) is 7.09. The van der Waals surface area contributed by atoms with Gasteiger partial charge in [0.05, 0.1) is 43.8 Å². The number of piperazine rings is 1. The Labute approximate surface area is 106 Å². The molecule has 1 saturated heterocycles. The maximum absolute atomic E-state index is 12.0. The summed E-state index contributed by atoms with van der Waals surface area (Å²) in [5.74, 6) is -0.129. The number of hydrazine groups is 1. The average Bonchev–Trinajstić information content (AvgIpc) is 2.32. The van der Waals surface area contributed by atoms with E-state index in [2.05, 4.69) is 12.5 Å². The van der Waals surface area contributed by atoms with E-state index in [1.165, 1.54) is 4.90 Å². The van der Waals surface area contributed by atoms with Gasteiger partial charge in [0.1, 0.15) is 0 Å². The molecule has 1 aliphatic heterocycles. The smallest absolute Gasteiger partial charge is 0.267 e. The minimum atomic E-state index is -0.129. The lowest BCUT2D eigenvalue weighted by Crippen LogP contribution is -3.12. The monoisotopic (exact) mass is 254 g/mol. The van der Waals surface area contributed by atoms with Gasteiger partial charge in [0.15, 0.2) is 0 Å². The Hall–Kier alpha value is -1.10. The Kier molecular flexibility index (Phi) is 3.99. The number of carbonyl (C=O) groups is 1. The highest BCUT2D eigenvalue weighted by Crippen LogP contribution is 2.14. The molecule has 1 aromatic rings. The first kappa shape index (κ1) is 12.4. The molecule has 0 bridgehead atoms. The van der Waals surface area contributed by atoms with E-state index in [-0.39, 0.29) is 5.91 Å². The van der Waals surface area contributed by atoms with Gasteiger partial charge in [-0.15, -0.1) is 0 Å². The van der Waals surface area contributed by atoms with E-state index in [1.807, 2.05) is 17.1 Å². The predicted molar refractivity (Wildman–Crippen MR) is 67.1 cm³/mol. The number of nitrogens with one attached hydrogen (secondary N) is 2. The van der Waals surface area contributed by atoms with E-state index < -0.39 is 0 Å². The number of rotatable bonds is 2. The molecule has 0 atom stereocenters. The van der Waals surface area contributed by atoms with Crippen molar-refractivity contribution in [2.24, 2.45) is 0 Å². The van der Waals surface area contributed by atoms with Crippen molar-refractivity contribution >= 4 is 17.5 Å². The predicted octanol–water partition coefficient (Wildman–Crippen LogP) is -0.185. The third kappa shape index (κ3) is 3.19. The maximum atomic E-state index is 12.0. The number of carbonyl (C=O) groups excluding carboxylic acids is 1. The van der Waals surface area contributed by atoms with E-state index in [1.54, 1.807) is 12.1 Å². The van der Waals surface area contributed by atoms with Gasteiger partial charge in [-0.1, -0.05) is 23.7 Å². The van der Waals surface area contributed by atoms with Gasteiger partial charge < -0.3 is 4.90 Å². The standard InChI is InChI=1S/C12H16ClN3O/c1-15-6-8-16(9-7-15)14-12(17)10-4-2-3-5-11(10)13/h2-5H,6-9H2,1H3,(H,14,17)/p+1. The molecule has 1 amide bonds. The first-order valence-electron chi connectivity index (χ1n) is 5.78. The molecule has 1 heterocycles. The highest BCUT2D eigenvalue weighted by atomic mass is 35.5. The van der Waals surface area contributed by atoms with Gasteiger partial charge in [0.25, 0.3) is 5.91 Å². The lowest BCUT2D eigenvalue weighted by Gasteiger charge is -2.30. The normalized spacial score (nSPS) is 18.0. The molecule has 92 valence electrons. The van der Waals surface area contributed by atoms with Crippen molar-refractivity contribution in [3.63, 3.8) is 0 Å². The van der Waals surface area contributed by atoms with E-state index in [0.717, 1.165) is 26.2 Å². The molecule has 0 radical (unpaired) electrons. The Morgan fingerprint density at radius 2 is 2.00 bits per heavy atom. The molecule has 0 spiro atoms. The van der Waals surface area contributed by atoms with Gasteiger partial charge in [-0.25, -0.2) is 5.01 Å². The van der Waals surface area contributed by atoms with Crippen LogP contribution in [0.1, 0.15) is 10.4 Å². The summed E-state index contributed by atoms with van der Waals surface area (Å²) in [6.07, 6.45) is 0. The van der Waals surface area contributed by atoms with Crippen LogP contribution in [0.4, 0.5) is 0 Å². The van der Waals surface area contributed by atoms with Crippen LogP contribution in [0.15, 0.2) is 24.3 Å². The third-order valence-electron chi connectivity index (χ3n) is 3.00. The fourth-order valence-corrected chi connectivity index (χ4v) is 2.07. The number of nitrogens with zero attached hydrogens (tertiary/aromatic N) is 1. The number of halogens is 1. The molecule has 0 saturated carbocycles. The molecule has 4 nitrogen and oxygen atoms in total. The molecule has 2 N–H and O–H groups in total. The van der Waals surface area contributed by atoms with Gasteiger partial charge in [-0.3, -0.25) is 10.2 Å². The van der Waals surface area contributed by atoms with Crippen LogP contribution in [-0.2, 0) is 0 Å². The van der Waals surface area contributed by atoms with Crippen LogP contribution in [0, 0.1) is 0 Å². The molecule has 0 aliphatic carbocycles. The SMILES string of the molecule is C[NH+]1CCN(NC(=O)c2ccccc2Cl)CC1. The summed E-state index contributed by atoms with van der Waals surface area (Å²) in [5.41, 5.74) is 3.42. The second-order valence-corrected chi connectivity index (χ2v) is 4.77. The minimum Gasteiger partial charge on any atom is -0.335 e. The van der Waals surface area contributed by atoms with Crippen LogP contribution in [-0.4, -0.2) is 44.1 Å². The number of benzene rings is 1. The lowest BCUT2D eigenvalue weighted by atomic mass is 10.2. The van der Waals surface area contributed by atoms with Gasteiger partial charge >= 0.3 is 0 Å². The molecule has 1 aromatic carbocycles. The average molecular weight is 255 g/mol. The van der Waals surface area contributed by atoms with Crippen molar-refractivity contribution < 1.29 is 9.69 Å². The molecule has 2 rings (SSSR count). The van der Waals surface area contributed by atoms with Gasteiger partial charge in [0.2, 0.25) is 0 Å². The molecule has 5 heteroatoms. The first-order chi connectivity index (χ1) is 8.16. The number of hydrogen-bond acceptors (Lipinski definition) is 2. The van der Waals surface area contributed by atoms with Crippen molar-refractivity contribution in [2.45, 2.75) is 0 Å².